The highest BCUT2D eigenvalue weighted by atomic mass is 14.9. The molecule has 1 heteroatoms. The van der Waals surface area contributed by atoms with E-state index in [0.717, 1.165) is 6.04 Å². The van der Waals surface area contributed by atoms with Crippen molar-refractivity contribution in [2.75, 3.05) is 6.54 Å². The number of nitrogens with one attached hydrogen (secondary N) is 1. The maximum absolute atomic E-state index is 3.72. The van der Waals surface area contributed by atoms with Crippen LogP contribution in [0, 0.1) is 5.41 Å². The van der Waals surface area contributed by atoms with Gasteiger partial charge in [-0.15, -0.1) is 0 Å². The second-order valence-electron chi connectivity index (χ2n) is 6.62. The number of rotatable bonds is 10. The average Bonchev–Trinajstić information content (AvgIpc) is 2.23. The Hall–Kier alpha value is -0.0400. The molecule has 1 N–H and O–H groups in total. The Bertz CT molecular complexity index is 157. The molecule has 0 bridgehead atoms. The van der Waals surface area contributed by atoms with Crippen molar-refractivity contribution < 1.29 is 0 Å². The minimum absolute atomic E-state index is 0.453. The van der Waals surface area contributed by atoms with Crippen molar-refractivity contribution in [3.8, 4) is 0 Å². The lowest BCUT2D eigenvalue weighted by Gasteiger charge is -2.27. The highest BCUT2D eigenvalue weighted by Crippen LogP contribution is 2.23. The summed E-state index contributed by atoms with van der Waals surface area (Å²) >= 11 is 0. The van der Waals surface area contributed by atoms with E-state index in [4.69, 9.17) is 0 Å². The smallest absolute Gasteiger partial charge is 0.00720 e. The zero-order valence-electron chi connectivity index (χ0n) is 12.9. The third kappa shape index (κ3) is 12.2. The van der Waals surface area contributed by atoms with Crippen LogP contribution in [0.4, 0.5) is 0 Å². The summed E-state index contributed by atoms with van der Waals surface area (Å²) in [5.74, 6) is 0. The van der Waals surface area contributed by atoms with Crippen LogP contribution in [0.25, 0.3) is 0 Å². The lowest BCUT2D eigenvalue weighted by molar-refractivity contribution is 0.293. The topological polar surface area (TPSA) is 12.0 Å². The van der Waals surface area contributed by atoms with E-state index in [1.807, 2.05) is 0 Å². The second kappa shape index (κ2) is 9.94. The molecule has 104 valence electrons. The van der Waals surface area contributed by atoms with Gasteiger partial charge in [0, 0.05) is 6.04 Å². The van der Waals surface area contributed by atoms with Gasteiger partial charge in [0.2, 0.25) is 0 Å². The van der Waals surface area contributed by atoms with Crippen LogP contribution < -0.4 is 5.32 Å². The van der Waals surface area contributed by atoms with E-state index in [2.05, 4.69) is 39.9 Å². The first-order chi connectivity index (χ1) is 7.99. The maximum atomic E-state index is 3.72. The Morgan fingerprint density at radius 3 is 2.06 bits per heavy atom. The zero-order chi connectivity index (χ0) is 13.1. The SMILES string of the molecule is CCCCCCCC(CC(C)(C)C)NCCC. The van der Waals surface area contributed by atoms with Crippen LogP contribution in [-0.4, -0.2) is 12.6 Å². The molecule has 17 heavy (non-hydrogen) atoms. The first-order valence-corrected chi connectivity index (χ1v) is 7.73. The fourth-order valence-electron chi connectivity index (χ4n) is 2.36. The Kier molecular flexibility index (Phi) is 9.91. The van der Waals surface area contributed by atoms with Gasteiger partial charge in [0.1, 0.15) is 0 Å². The van der Waals surface area contributed by atoms with Crippen molar-refractivity contribution in [3.63, 3.8) is 0 Å². The molecule has 0 aliphatic heterocycles. The fourth-order valence-corrected chi connectivity index (χ4v) is 2.36. The van der Waals surface area contributed by atoms with E-state index in [1.165, 1.54) is 57.9 Å². The van der Waals surface area contributed by atoms with Gasteiger partial charge in [0.15, 0.2) is 0 Å². The minimum atomic E-state index is 0.453. The van der Waals surface area contributed by atoms with Crippen molar-refractivity contribution in [2.24, 2.45) is 5.41 Å². The van der Waals surface area contributed by atoms with Gasteiger partial charge in [-0.3, -0.25) is 0 Å². The molecule has 0 amide bonds. The molecule has 0 fully saturated rings. The normalized spacial score (nSPS) is 13.9. The van der Waals surface area contributed by atoms with Gasteiger partial charge >= 0.3 is 0 Å². The molecular weight excluding hydrogens is 206 g/mol. The van der Waals surface area contributed by atoms with Gasteiger partial charge in [0.05, 0.1) is 0 Å². The quantitative estimate of drug-likeness (QED) is 0.521. The summed E-state index contributed by atoms with van der Waals surface area (Å²) in [6.07, 6.45) is 10.9. The van der Waals surface area contributed by atoms with E-state index < -0.39 is 0 Å². The van der Waals surface area contributed by atoms with Crippen molar-refractivity contribution in [2.45, 2.75) is 92.0 Å². The molecule has 0 spiro atoms. The predicted molar refractivity (Wildman–Crippen MR) is 79.5 cm³/mol. The Morgan fingerprint density at radius 1 is 0.882 bits per heavy atom. The summed E-state index contributed by atoms with van der Waals surface area (Å²) in [7, 11) is 0. The molecule has 0 aromatic heterocycles. The Labute approximate surface area is 110 Å². The molecular formula is C16H35N. The lowest BCUT2D eigenvalue weighted by Crippen LogP contribution is -2.33. The molecule has 1 unspecified atom stereocenters. The van der Waals surface area contributed by atoms with E-state index in [1.54, 1.807) is 0 Å². The monoisotopic (exact) mass is 241 g/mol. The summed E-state index contributed by atoms with van der Waals surface area (Å²) in [5, 5.41) is 3.72. The molecule has 0 saturated heterocycles. The Balaban J connectivity index is 3.77. The van der Waals surface area contributed by atoms with Gasteiger partial charge in [-0.2, -0.15) is 0 Å². The van der Waals surface area contributed by atoms with Gasteiger partial charge in [-0.1, -0.05) is 66.7 Å². The second-order valence-corrected chi connectivity index (χ2v) is 6.62. The summed E-state index contributed by atoms with van der Waals surface area (Å²) < 4.78 is 0. The molecule has 1 atom stereocenters. The van der Waals surface area contributed by atoms with Gasteiger partial charge in [-0.05, 0) is 31.2 Å². The van der Waals surface area contributed by atoms with Gasteiger partial charge in [0.25, 0.3) is 0 Å². The van der Waals surface area contributed by atoms with Crippen molar-refractivity contribution in [3.05, 3.63) is 0 Å². The summed E-state index contributed by atoms with van der Waals surface area (Å²) in [6.45, 7) is 12.8. The van der Waals surface area contributed by atoms with E-state index in [0.29, 0.717) is 5.41 Å². The van der Waals surface area contributed by atoms with Crippen LogP contribution in [0.1, 0.15) is 86.0 Å². The van der Waals surface area contributed by atoms with Gasteiger partial charge < -0.3 is 5.32 Å². The molecule has 0 heterocycles. The molecule has 0 aliphatic carbocycles. The first-order valence-electron chi connectivity index (χ1n) is 7.73. The number of hydrogen-bond donors (Lipinski definition) is 1. The van der Waals surface area contributed by atoms with Crippen LogP contribution in [0.15, 0.2) is 0 Å². The first kappa shape index (κ1) is 17.0. The predicted octanol–water partition coefficient (Wildman–Crippen LogP) is 5.15. The number of hydrogen-bond acceptors (Lipinski definition) is 1. The largest absolute Gasteiger partial charge is 0.314 e. The summed E-state index contributed by atoms with van der Waals surface area (Å²) in [4.78, 5) is 0. The van der Waals surface area contributed by atoms with E-state index in [9.17, 15) is 0 Å². The molecule has 0 radical (unpaired) electrons. The molecule has 1 nitrogen and oxygen atoms in total. The zero-order valence-corrected chi connectivity index (χ0v) is 12.9. The lowest BCUT2D eigenvalue weighted by atomic mass is 9.86. The summed E-state index contributed by atoms with van der Waals surface area (Å²) in [6, 6.07) is 0.733. The Morgan fingerprint density at radius 2 is 1.53 bits per heavy atom. The van der Waals surface area contributed by atoms with Gasteiger partial charge in [-0.25, -0.2) is 0 Å². The van der Waals surface area contributed by atoms with E-state index >= 15 is 0 Å². The van der Waals surface area contributed by atoms with Crippen LogP contribution >= 0.6 is 0 Å². The summed E-state index contributed by atoms with van der Waals surface area (Å²) in [5.41, 5.74) is 0.453. The van der Waals surface area contributed by atoms with Crippen molar-refractivity contribution >= 4 is 0 Å². The van der Waals surface area contributed by atoms with Crippen LogP contribution in [-0.2, 0) is 0 Å². The third-order valence-corrected chi connectivity index (χ3v) is 3.20. The minimum Gasteiger partial charge on any atom is -0.314 e. The standard InChI is InChI=1S/C16H35N/c1-6-8-9-10-11-12-15(17-13-7-2)14-16(3,4)5/h15,17H,6-14H2,1-5H3. The van der Waals surface area contributed by atoms with Crippen LogP contribution in [0.5, 0.6) is 0 Å². The van der Waals surface area contributed by atoms with Crippen LogP contribution in [0.2, 0.25) is 0 Å². The molecule has 0 saturated carbocycles. The molecule has 0 aliphatic rings. The maximum Gasteiger partial charge on any atom is 0.00720 e. The molecule has 0 aromatic rings. The highest BCUT2D eigenvalue weighted by molar-refractivity contribution is 4.74. The molecule has 0 rings (SSSR count). The van der Waals surface area contributed by atoms with Crippen LogP contribution in [0.3, 0.4) is 0 Å². The average molecular weight is 241 g/mol. The van der Waals surface area contributed by atoms with E-state index in [-0.39, 0.29) is 0 Å². The highest BCUT2D eigenvalue weighted by Gasteiger charge is 2.17. The molecule has 0 aromatic carbocycles. The van der Waals surface area contributed by atoms with Crippen molar-refractivity contribution in [1.29, 1.82) is 0 Å². The fraction of sp³-hybridized carbons (Fsp3) is 1.00. The third-order valence-electron chi connectivity index (χ3n) is 3.20. The number of unbranched alkanes of at least 4 members (excludes halogenated alkanes) is 4. The van der Waals surface area contributed by atoms with Crippen molar-refractivity contribution in [1.82, 2.24) is 5.32 Å².